The molecule has 1 heterocycles. The Hall–Kier alpha value is -4.01. The van der Waals surface area contributed by atoms with Gasteiger partial charge in [-0.25, -0.2) is 4.68 Å². The molecule has 0 bridgehead atoms. The van der Waals surface area contributed by atoms with Crippen LogP contribution >= 0.6 is 0 Å². The van der Waals surface area contributed by atoms with Gasteiger partial charge < -0.3 is 10.4 Å². The molecule has 2 aromatic carbocycles. The Morgan fingerprint density at radius 3 is 2.61 bits per heavy atom. The molecule has 0 saturated heterocycles. The van der Waals surface area contributed by atoms with Crippen molar-refractivity contribution in [3.63, 3.8) is 0 Å². The maximum absolute atomic E-state index is 12.5. The normalized spacial score (nSPS) is 10.5. The number of nitrogens with zero attached hydrogens (tertiary/aromatic N) is 3. The smallest absolute Gasteiger partial charge is 0.276 e. The zero-order valence-corrected chi connectivity index (χ0v) is 14.8. The maximum Gasteiger partial charge on any atom is 0.276 e. The van der Waals surface area contributed by atoms with Crippen LogP contribution < -0.4 is 10.7 Å². The third kappa shape index (κ3) is 3.88. The third-order valence-corrected chi connectivity index (χ3v) is 4.04. The number of amides is 1. The van der Waals surface area contributed by atoms with E-state index in [4.69, 9.17) is 0 Å². The minimum absolute atomic E-state index is 0.151. The second-order valence-corrected chi connectivity index (χ2v) is 6.00. The number of hydrogen-bond donors (Lipinski definition) is 2. The van der Waals surface area contributed by atoms with Crippen LogP contribution in [0.2, 0.25) is 0 Å². The number of para-hydroxylation sites is 1. The van der Waals surface area contributed by atoms with Crippen molar-refractivity contribution < 1.29 is 14.8 Å². The quantitative estimate of drug-likeness (QED) is 0.515. The van der Waals surface area contributed by atoms with Crippen molar-refractivity contribution >= 4 is 11.6 Å². The summed E-state index contributed by atoms with van der Waals surface area (Å²) in [6, 6.07) is 13.8. The van der Waals surface area contributed by atoms with Crippen LogP contribution in [0, 0.1) is 17.0 Å². The minimum atomic E-state index is -0.749. The van der Waals surface area contributed by atoms with E-state index in [1.165, 1.54) is 16.8 Å². The number of nitro groups is 1. The van der Waals surface area contributed by atoms with E-state index in [2.05, 4.69) is 10.4 Å². The Balaban J connectivity index is 1.87. The number of carbonyl (C=O) groups excluding carboxylic acids is 1. The van der Waals surface area contributed by atoms with Gasteiger partial charge in [-0.1, -0.05) is 18.2 Å². The van der Waals surface area contributed by atoms with Crippen LogP contribution in [0.3, 0.4) is 0 Å². The number of aryl methyl sites for hydroxylation is 1. The Labute approximate surface area is 159 Å². The standard InChI is InChI=1S/C19H16N4O5/c1-12-9-17(25)18(21-22(12)14-5-3-2-4-6-14)19(26)20-11-13-10-15(23(27)28)7-8-16(13)24/h2-10,24H,11H2,1H3,(H,20,26). The summed E-state index contributed by atoms with van der Waals surface area (Å²) in [5.74, 6) is -0.954. The summed E-state index contributed by atoms with van der Waals surface area (Å²) in [7, 11) is 0. The molecule has 1 aromatic heterocycles. The number of hydrogen-bond acceptors (Lipinski definition) is 6. The Kier molecular flexibility index (Phi) is 5.16. The number of nitrogens with one attached hydrogen (secondary N) is 1. The Morgan fingerprint density at radius 2 is 1.93 bits per heavy atom. The lowest BCUT2D eigenvalue weighted by molar-refractivity contribution is -0.384. The van der Waals surface area contributed by atoms with Crippen molar-refractivity contribution in [3.8, 4) is 11.4 Å². The molecule has 9 nitrogen and oxygen atoms in total. The molecule has 3 rings (SSSR count). The van der Waals surface area contributed by atoms with Gasteiger partial charge in [-0.3, -0.25) is 19.7 Å². The van der Waals surface area contributed by atoms with Gasteiger partial charge in [0.05, 0.1) is 10.6 Å². The van der Waals surface area contributed by atoms with Gasteiger partial charge in [0, 0.05) is 36.0 Å². The second-order valence-electron chi connectivity index (χ2n) is 6.00. The van der Waals surface area contributed by atoms with Gasteiger partial charge in [0.25, 0.3) is 11.6 Å². The van der Waals surface area contributed by atoms with Crippen molar-refractivity contribution in [3.05, 3.63) is 91.9 Å². The number of phenolic OH excluding ortho intramolecular Hbond substituents is 1. The highest BCUT2D eigenvalue weighted by Gasteiger charge is 2.17. The van der Waals surface area contributed by atoms with Crippen molar-refractivity contribution in [2.75, 3.05) is 0 Å². The first kappa shape index (κ1) is 18.8. The van der Waals surface area contributed by atoms with E-state index < -0.39 is 16.3 Å². The van der Waals surface area contributed by atoms with Gasteiger partial charge in [-0.05, 0) is 25.1 Å². The van der Waals surface area contributed by atoms with Gasteiger partial charge in [0.2, 0.25) is 5.43 Å². The van der Waals surface area contributed by atoms with Crippen LogP contribution in [0.1, 0.15) is 21.7 Å². The number of benzene rings is 2. The van der Waals surface area contributed by atoms with Gasteiger partial charge in [0.1, 0.15) is 5.75 Å². The number of rotatable bonds is 5. The fourth-order valence-corrected chi connectivity index (χ4v) is 2.62. The lowest BCUT2D eigenvalue weighted by atomic mass is 10.1. The van der Waals surface area contributed by atoms with E-state index >= 15 is 0 Å². The number of carbonyl (C=O) groups is 1. The molecular weight excluding hydrogens is 364 g/mol. The van der Waals surface area contributed by atoms with Crippen LogP contribution in [0.4, 0.5) is 5.69 Å². The Bertz CT molecular complexity index is 1110. The first-order chi connectivity index (χ1) is 13.4. The molecule has 0 fully saturated rings. The van der Waals surface area contributed by atoms with Crippen LogP contribution in [-0.2, 0) is 6.54 Å². The van der Waals surface area contributed by atoms with Crippen LogP contribution in [0.25, 0.3) is 5.69 Å². The summed E-state index contributed by atoms with van der Waals surface area (Å²) in [4.78, 5) is 34.9. The maximum atomic E-state index is 12.5. The monoisotopic (exact) mass is 380 g/mol. The summed E-state index contributed by atoms with van der Waals surface area (Å²) < 4.78 is 1.47. The summed E-state index contributed by atoms with van der Waals surface area (Å²) in [6.45, 7) is 1.50. The van der Waals surface area contributed by atoms with E-state index in [9.17, 15) is 24.8 Å². The highest BCUT2D eigenvalue weighted by atomic mass is 16.6. The van der Waals surface area contributed by atoms with Crippen molar-refractivity contribution in [2.45, 2.75) is 13.5 Å². The second kappa shape index (κ2) is 7.70. The van der Waals surface area contributed by atoms with Crippen molar-refractivity contribution in [2.24, 2.45) is 0 Å². The largest absolute Gasteiger partial charge is 0.508 e. The van der Waals surface area contributed by atoms with Crippen molar-refractivity contribution in [1.82, 2.24) is 15.1 Å². The fourth-order valence-electron chi connectivity index (χ4n) is 2.62. The summed E-state index contributed by atoms with van der Waals surface area (Å²) >= 11 is 0. The molecule has 142 valence electrons. The van der Waals surface area contributed by atoms with E-state index in [1.54, 1.807) is 31.2 Å². The summed E-state index contributed by atoms with van der Waals surface area (Å²) in [6.07, 6.45) is 0. The molecule has 2 N–H and O–H groups in total. The SMILES string of the molecule is Cc1cc(=O)c(C(=O)NCc2cc([N+](=O)[O-])ccc2O)nn1-c1ccccc1. The van der Waals surface area contributed by atoms with Gasteiger partial charge in [0.15, 0.2) is 5.69 Å². The molecular formula is C19H16N4O5. The highest BCUT2D eigenvalue weighted by Crippen LogP contribution is 2.22. The number of phenols is 1. The number of aromatic nitrogens is 2. The highest BCUT2D eigenvalue weighted by molar-refractivity contribution is 5.92. The summed E-state index contributed by atoms with van der Waals surface area (Å²) in [5.41, 5.74) is 0.305. The number of aromatic hydroxyl groups is 1. The zero-order chi connectivity index (χ0) is 20.3. The fraction of sp³-hybridized carbons (Fsp3) is 0.105. The Morgan fingerprint density at radius 1 is 1.21 bits per heavy atom. The molecule has 1 amide bonds. The van der Waals surface area contributed by atoms with Gasteiger partial charge >= 0.3 is 0 Å². The first-order valence-corrected chi connectivity index (χ1v) is 8.27. The molecule has 3 aromatic rings. The molecule has 0 aliphatic carbocycles. The summed E-state index contributed by atoms with van der Waals surface area (Å²) in [5, 5.41) is 27.3. The molecule has 0 aliphatic heterocycles. The molecule has 9 heteroatoms. The molecule has 28 heavy (non-hydrogen) atoms. The van der Waals surface area contributed by atoms with Crippen LogP contribution in [0.15, 0.2) is 59.4 Å². The average molecular weight is 380 g/mol. The van der Waals surface area contributed by atoms with E-state index in [0.717, 1.165) is 12.1 Å². The van der Waals surface area contributed by atoms with E-state index in [-0.39, 0.29) is 29.2 Å². The lowest BCUT2D eigenvalue weighted by Gasteiger charge is -2.11. The molecule has 0 atom stereocenters. The third-order valence-electron chi connectivity index (χ3n) is 4.04. The van der Waals surface area contributed by atoms with Crippen LogP contribution in [0.5, 0.6) is 5.75 Å². The number of non-ortho nitro benzene ring substituents is 1. The van der Waals surface area contributed by atoms with Gasteiger partial charge in [-0.2, -0.15) is 5.10 Å². The predicted octanol–water partition coefficient (Wildman–Crippen LogP) is 2.08. The molecule has 0 saturated carbocycles. The lowest BCUT2D eigenvalue weighted by Crippen LogP contribution is -2.31. The molecule has 0 aliphatic rings. The molecule has 0 spiro atoms. The van der Waals surface area contributed by atoms with E-state index in [0.29, 0.717) is 11.4 Å². The predicted molar refractivity (Wildman–Crippen MR) is 101 cm³/mol. The van der Waals surface area contributed by atoms with Crippen molar-refractivity contribution in [1.29, 1.82) is 0 Å². The molecule has 0 radical (unpaired) electrons. The average Bonchev–Trinajstić information content (AvgIpc) is 2.67. The van der Waals surface area contributed by atoms with E-state index in [1.807, 2.05) is 6.07 Å². The number of nitro benzene ring substituents is 1. The minimum Gasteiger partial charge on any atom is -0.508 e. The topological polar surface area (TPSA) is 127 Å². The molecule has 0 unspecified atom stereocenters. The zero-order valence-electron chi connectivity index (χ0n) is 14.8. The van der Waals surface area contributed by atoms with Crippen LogP contribution in [-0.4, -0.2) is 25.7 Å². The first-order valence-electron chi connectivity index (χ1n) is 8.27. The van der Waals surface area contributed by atoms with Gasteiger partial charge in [-0.15, -0.1) is 0 Å².